The number of hydrogen-bond donors (Lipinski definition) is 2. The van der Waals surface area contributed by atoms with Crippen molar-refractivity contribution in [2.24, 2.45) is 28.9 Å². The molecule has 1 aromatic heterocycles. The summed E-state index contributed by atoms with van der Waals surface area (Å²) in [6.45, 7) is 0.656. The average molecular weight is 452 g/mol. The van der Waals surface area contributed by atoms with E-state index in [1.807, 2.05) is 0 Å². The third-order valence-corrected chi connectivity index (χ3v) is 7.85. The summed E-state index contributed by atoms with van der Waals surface area (Å²) in [5.74, 6) is 0.312. The second-order valence-corrected chi connectivity index (χ2v) is 9.94. The lowest BCUT2D eigenvalue weighted by Crippen LogP contribution is -2.59. The Labute approximate surface area is 183 Å². The van der Waals surface area contributed by atoms with Gasteiger partial charge in [0.25, 0.3) is 0 Å². The van der Waals surface area contributed by atoms with Gasteiger partial charge in [-0.15, -0.1) is 0 Å². The maximum absolute atomic E-state index is 13.2. The van der Waals surface area contributed by atoms with Crippen molar-refractivity contribution in [3.8, 4) is 0 Å². The van der Waals surface area contributed by atoms with Gasteiger partial charge in [-0.3, -0.25) is 4.79 Å². The van der Waals surface area contributed by atoms with Crippen molar-refractivity contribution in [3.05, 3.63) is 23.9 Å². The number of amides is 2. The largest absolute Gasteiger partial charge is 0.446 e. The number of hydrogen-bond acceptors (Lipinski definition) is 5. The molecular weight excluding hydrogens is 425 g/mol. The van der Waals surface area contributed by atoms with Gasteiger partial charge >= 0.3 is 12.3 Å². The molecule has 4 bridgehead atoms. The number of rotatable bonds is 4. The number of likely N-dealkylation sites (tertiary alicyclic amines) is 1. The number of anilines is 1. The van der Waals surface area contributed by atoms with Crippen LogP contribution < -0.4 is 11.1 Å². The van der Waals surface area contributed by atoms with Crippen molar-refractivity contribution >= 4 is 17.8 Å². The van der Waals surface area contributed by atoms with Crippen molar-refractivity contribution in [2.75, 3.05) is 18.4 Å². The summed E-state index contributed by atoms with van der Waals surface area (Å²) in [4.78, 5) is 30.3. The Morgan fingerprint density at radius 3 is 2.59 bits per heavy atom. The zero-order valence-electron chi connectivity index (χ0n) is 17.6. The molecule has 4 saturated carbocycles. The van der Waals surface area contributed by atoms with Crippen LogP contribution in [0.3, 0.4) is 0 Å². The number of carbonyl (C=O) groups excluding carboxylic acids is 2. The van der Waals surface area contributed by atoms with Gasteiger partial charge in [0.2, 0.25) is 5.91 Å². The molecule has 4 aliphatic carbocycles. The van der Waals surface area contributed by atoms with E-state index in [0.717, 1.165) is 25.3 Å². The van der Waals surface area contributed by atoms with Gasteiger partial charge in [0.15, 0.2) is 0 Å². The van der Waals surface area contributed by atoms with Crippen LogP contribution in [-0.2, 0) is 15.7 Å². The molecule has 1 saturated heterocycles. The summed E-state index contributed by atoms with van der Waals surface area (Å²) >= 11 is 0. The summed E-state index contributed by atoms with van der Waals surface area (Å²) in [6.07, 6.45) is 0.772. The zero-order chi connectivity index (χ0) is 22.7. The number of carbonyl (C=O) groups is 2. The van der Waals surface area contributed by atoms with Crippen LogP contribution in [0.4, 0.5) is 23.8 Å². The number of pyridine rings is 1. The van der Waals surface area contributed by atoms with Gasteiger partial charge < -0.3 is 20.7 Å². The number of nitrogens with one attached hydrogen (secondary N) is 1. The number of alkyl halides is 3. The maximum atomic E-state index is 13.2. The Bertz CT molecular complexity index is 908. The SMILES string of the molecule is NC(=O)[C@]12CC3CC(C1)C(OC(=O)N1CC[C@@H](Nc4ncccc4C(F)(F)F)C1)[C@@H](C3)C2. The first-order chi connectivity index (χ1) is 15.1. The highest BCUT2D eigenvalue weighted by Gasteiger charge is 2.59. The van der Waals surface area contributed by atoms with Crippen LogP contribution in [0.15, 0.2) is 18.3 Å². The Morgan fingerprint density at radius 2 is 1.94 bits per heavy atom. The van der Waals surface area contributed by atoms with Crippen LogP contribution in [0.5, 0.6) is 0 Å². The van der Waals surface area contributed by atoms with E-state index in [2.05, 4.69) is 10.3 Å². The van der Waals surface area contributed by atoms with Gasteiger partial charge in [-0.2, -0.15) is 13.2 Å². The predicted molar refractivity (Wildman–Crippen MR) is 108 cm³/mol. The fourth-order valence-corrected chi connectivity index (χ4v) is 6.65. The zero-order valence-corrected chi connectivity index (χ0v) is 17.6. The number of ether oxygens (including phenoxy) is 1. The van der Waals surface area contributed by atoms with Crippen LogP contribution in [0, 0.1) is 23.2 Å². The Kier molecular flexibility index (Phi) is 5.01. The van der Waals surface area contributed by atoms with Crippen molar-refractivity contribution < 1.29 is 27.5 Å². The van der Waals surface area contributed by atoms with Crippen molar-refractivity contribution in [1.29, 1.82) is 0 Å². The molecule has 7 nitrogen and oxygen atoms in total. The quantitative estimate of drug-likeness (QED) is 0.730. The third-order valence-electron chi connectivity index (χ3n) is 7.85. The summed E-state index contributed by atoms with van der Waals surface area (Å²) in [5, 5.41) is 2.84. The van der Waals surface area contributed by atoms with Crippen molar-refractivity contribution in [3.63, 3.8) is 0 Å². The minimum Gasteiger partial charge on any atom is -0.446 e. The first-order valence-corrected chi connectivity index (χ1v) is 11.2. The number of primary amides is 1. The van der Waals surface area contributed by atoms with Gasteiger partial charge in [0.05, 0.1) is 11.0 Å². The van der Waals surface area contributed by atoms with E-state index >= 15 is 0 Å². The molecule has 6 atom stereocenters. The molecule has 0 radical (unpaired) electrons. The number of nitrogens with zero attached hydrogens (tertiary/aromatic N) is 2. The Morgan fingerprint density at radius 1 is 1.22 bits per heavy atom. The number of halogens is 3. The highest BCUT2D eigenvalue weighted by molar-refractivity contribution is 5.81. The fraction of sp³-hybridized carbons (Fsp3) is 0.682. The van der Waals surface area contributed by atoms with Gasteiger partial charge in [0.1, 0.15) is 11.9 Å². The molecule has 32 heavy (non-hydrogen) atoms. The van der Waals surface area contributed by atoms with E-state index in [1.165, 1.54) is 12.3 Å². The molecule has 5 fully saturated rings. The van der Waals surface area contributed by atoms with E-state index in [9.17, 15) is 22.8 Å². The minimum atomic E-state index is -4.50. The lowest BCUT2D eigenvalue weighted by atomic mass is 9.48. The predicted octanol–water partition coefficient (Wildman–Crippen LogP) is 3.40. The average Bonchev–Trinajstić information content (AvgIpc) is 3.18. The number of nitrogens with two attached hydrogens (primary N) is 1. The normalized spacial score (nSPS) is 35.7. The summed E-state index contributed by atoms with van der Waals surface area (Å²) in [6, 6.07) is 1.90. The number of aromatic nitrogens is 1. The highest BCUT2D eigenvalue weighted by atomic mass is 19.4. The Balaban J connectivity index is 1.20. The van der Waals surface area contributed by atoms with Crippen LogP contribution >= 0.6 is 0 Å². The molecule has 2 amide bonds. The molecule has 174 valence electrons. The van der Waals surface area contributed by atoms with Crippen LogP contribution in [-0.4, -0.2) is 47.1 Å². The molecule has 3 N–H and O–H groups in total. The third kappa shape index (κ3) is 3.67. The van der Waals surface area contributed by atoms with Gasteiger partial charge in [0, 0.05) is 25.3 Å². The topological polar surface area (TPSA) is 97.6 Å². The molecule has 2 heterocycles. The lowest BCUT2D eigenvalue weighted by Gasteiger charge is -2.58. The molecule has 6 rings (SSSR count). The second-order valence-electron chi connectivity index (χ2n) is 9.94. The molecular formula is C22H27F3N4O3. The molecule has 10 heteroatoms. The van der Waals surface area contributed by atoms with Crippen LogP contribution in [0.1, 0.15) is 44.1 Å². The molecule has 0 aromatic carbocycles. The van der Waals surface area contributed by atoms with Crippen LogP contribution in [0.25, 0.3) is 0 Å². The van der Waals surface area contributed by atoms with Crippen molar-refractivity contribution in [2.45, 2.75) is 56.8 Å². The summed E-state index contributed by atoms with van der Waals surface area (Å²) in [5.41, 5.74) is 4.45. The van der Waals surface area contributed by atoms with E-state index < -0.39 is 23.2 Å². The van der Waals surface area contributed by atoms with Gasteiger partial charge in [-0.1, -0.05) is 0 Å². The second kappa shape index (κ2) is 7.52. The summed E-state index contributed by atoms with van der Waals surface area (Å²) < 4.78 is 45.6. The lowest BCUT2D eigenvalue weighted by molar-refractivity contribution is -0.161. The van der Waals surface area contributed by atoms with Crippen molar-refractivity contribution in [1.82, 2.24) is 9.88 Å². The molecule has 3 unspecified atom stereocenters. The van der Waals surface area contributed by atoms with E-state index in [1.54, 1.807) is 4.90 Å². The molecule has 5 aliphatic rings. The molecule has 0 spiro atoms. The van der Waals surface area contributed by atoms with E-state index in [-0.39, 0.29) is 42.3 Å². The van der Waals surface area contributed by atoms with Crippen LogP contribution in [0.2, 0.25) is 0 Å². The smallest absolute Gasteiger partial charge is 0.419 e. The first-order valence-electron chi connectivity index (χ1n) is 11.2. The Hall–Kier alpha value is -2.52. The maximum Gasteiger partial charge on any atom is 0.419 e. The highest BCUT2D eigenvalue weighted by Crippen LogP contribution is 2.60. The van der Waals surface area contributed by atoms with Gasteiger partial charge in [-0.05, 0) is 68.4 Å². The fourth-order valence-electron chi connectivity index (χ4n) is 6.65. The summed E-state index contributed by atoms with van der Waals surface area (Å²) in [7, 11) is 0. The standard InChI is InChI=1S/C22H27F3N4O3/c23-22(24,25)16-2-1-4-27-18(16)28-15-3-5-29(11-15)20(31)32-17-13-6-12-7-14(17)10-21(8-12,9-13)19(26)30/h1-2,4,12-15,17H,3,5-11H2,(H2,26,30)(H,27,28)/t12?,13-,14?,15+,17?,21-/m0/s1. The minimum absolute atomic E-state index is 0.150. The van der Waals surface area contributed by atoms with Gasteiger partial charge in [-0.25, -0.2) is 9.78 Å². The van der Waals surface area contributed by atoms with E-state index in [4.69, 9.17) is 10.5 Å². The van der Waals surface area contributed by atoms with E-state index in [0.29, 0.717) is 31.7 Å². The monoisotopic (exact) mass is 452 g/mol. The molecule has 1 aliphatic heterocycles. The first kappa shape index (κ1) is 21.3. The molecule has 1 aromatic rings.